The number of rotatable bonds is 11. The van der Waals surface area contributed by atoms with Gasteiger partial charge in [-0.25, -0.2) is 13.8 Å². The van der Waals surface area contributed by atoms with Gasteiger partial charge in [0.2, 0.25) is 11.8 Å². The molecule has 51 heavy (non-hydrogen) atoms. The van der Waals surface area contributed by atoms with E-state index in [2.05, 4.69) is 30.4 Å². The van der Waals surface area contributed by atoms with Crippen LogP contribution in [0.3, 0.4) is 0 Å². The summed E-state index contributed by atoms with van der Waals surface area (Å²) < 4.78 is 41.6. The molecule has 4 aliphatic rings. The van der Waals surface area contributed by atoms with Gasteiger partial charge in [-0.3, -0.25) is 19.7 Å². The fourth-order valence-corrected chi connectivity index (χ4v) is 8.65. The number of hydrogen-bond acceptors (Lipinski definition) is 10. The van der Waals surface area contributed by atoms with Crippen LogP contribution >= 0.6 is 11.8 Å². The van der Waals surface area contributed by atoms with Crippen LogP contribution in [-0.2, 0) is 20.1 Å². The van der Waals surface area contributed by atoms with Gasteiger partial charge in [-0.1, -0.05) is 0 Å². The van der Waals surface area contributed by atoms with Crippen molar-refractivity contribution in [2.75, 3.05) is 62.8 Å². The molecule has 274 valence electrons. The zero-order valence-electron chi connectivity index (χ0n) is 28.8. The Hall–Kier alpha value is -3.75. The average Bonchev–Trinajstić information content (AvgIpc) is 3.12. The van der Waals surface area contributed by atoms with E-state index in [9.17, 15) is 14.4 Å². The summed E-state index contributed by atoms with van der Waals surface area (Å²) >= 11 is 1.74. The molecule has 2 amide bonds. The maximum absolute atomic E-state index is 15.1. The number of anilines is 2. The first-order chi connectivity index (χ1) is 24.8. The molecular formula is C37H46F2N6O5S. The number of thioether (sulfide) groups is 1. The van der Waals surface area contributed by atoms with Crippen LogP contribution in [0.4, 0.5) is 20.2 Å². The topological polar surface area (TPSA) is 129 Å². The van der Waals surface area contributed by atoms with Crippen molar-refractivity contribution < 1.29 is 27.8 Å². The largest absolute Gasteiger partial charge is 0.493 e. The molecule has 0 bridgehead atoms. The summed E-state index contributed by atoms with van der Waals surface area (Å²) in [5.74, 6) is 0.790. The molecule has 0 saturated carbocycles. The van der Waals surface area contributed by atoms with E-state index in [1.54, 1.807) is 30.0 Å². The van der Waals surface area contributed by atoms with Crippen LogP contribution in [0.5, 0.6) is 5.75 Å². The van der Waals surface area contributed by atoms with Gasteiger partial charge in [0.1, 0.15) is 34.6 Å². The third-order valence-electron chi connectivity index (χ3n) is 10.6. The highest BCUT2D eigenvalue weighted by Crippen LogP contribution is 2.30. The molecular weight excluding hydrogens is 679 g/mol. The van der Waals surface area contributed by atoms with E-state index in [0.717, 1.165) is 84.5 Å². The van der Waals surface area contributed by atoms with Crippen molar-refractivity contribution in [2.24, 2.45) is 11.8 Å². The fourth-order valence-electron chi connectivity index (χ4n) is 7.60. The number of fused-ring (bicyclic) bond motifs is 1. The van der Waals surface area contributed by atoms with Crippen molar-refractivity contribution in [1.82, 2.24) is 20.2 Å². The predicted octanol–water partition coefficient (Wildman–Crippen LogP) is 4.84. The van der Waals surface area contributed by atoms with E-state index in [4.69, 9.17) is 9.47 Å². The number of piperidine rings is 3. The number of carbonyl (C=O) groups excluding carboxylic acids is 2. The number of benzene rings is 2. The second-order valence-corrected chi connectivity index (χ2v) is 15.5. The lowest BCUT2D eigenvalue weighted by molar-refractivity contribution is -0.133. The standard InChI is InChI=1S/C37H46F2N6O5S/c38-28-17-25(40-30-2-4-34(46)43-36(30)47)1-3-32(28)45-13-7-23(8-14-45)20-44-11-5-24(6-12-44)21-50-26-18-29(39)35-31(19-26)41-33(42-37(35)48)22-51-27-9-15-49-16-10-27/h1,3,17-19,23-24,27,30,40H,2,4-16,20-22H2,(H,41,42,48)(H,43,46,47). The Morgan fingerprint density at radius 1 is 0.922 bits per heavy atom. The Kier molecular flexibility index (Phi) is 11.4. The first kappa shape index (κ1) is 35.6. The van der Waals surface area contributed by atoms with Crippen molar-refractivity contribution in [3.8, 4) is 5.75 Å². The number of carbonyl (C=O) groups is 2. The summed E-state index contributed by atoms with van der Waals surface area (Å²) in [6.45, 7) is 6.52. The number of likely N-dealkylation sites (tertiary alicyclic amines) is 1. The van der Waals surface area contributed by atoms with Gasteiger partial charge in [0, 0.05) is 62.3 Å². The molecule has 14 heteroatoms. The molecule has 0 aliphatic carbocycles. The van der Waals surface area contributed by atoms with Crippen LogP contribution in [0.2, 0.25) is 0 Å². The smallest absolute Gasteiger partial charge is 0.261 e. The Balaban J connectivity index is 0.843. The summed E-state index contributed by atoms with van der Waals surface area (Å²) in [4.78, 5) is 48.1. The van der Waals surface area contributed by atoms with Crippen molar-refractivity contribution in [3.63, 3.8) is 0 Å². The number of nitrogens with zero attached hydrogens (tertiary/aromatic N) is 3. The number of aromatic amines is 1. The number of nitrogens with one attached hydrogen (secondary N) is 3. The molecule has 11 nitrogen and oxygen atoms in total. The highest BCUT2D eigenvalue weighted by Gasteiger charge is 2.28. The normalized spacial score (nSPS) is 21.6. The molecule has 2 aromatic carbocycles. The van der Waals surface area contributed by atoms with Crippen LogP contribution in [0, 0.1) is 23.5 Å². The monoisotopic (exact) mass is 724 g/mol. The summed E-state index contributed by atoms with van der Waals surface area (Å²) in [6.07, 6.45) is 6.56. The van der Waals surface area contributed by atoms with Gasteiger partial charge in [-0.05, 0) is 88.1 Å². The van der Waals surface area contributed by atoms with Gasteiger partial charge >= 0.3 is 0 Å². The minimum atomic E-state index is -0.623. The van der Waals surface area contributed by atoms with E-state index >= 15 is 8.78 Å². The molecule has 1 aromatic heterocycles. The summed E-state index contributed by atoms with van der Waals surface area (Å²) in [7, 11) is 0. The predicted molar refractivity (Wildman–Crippen MR) is 193 cm³/mol. The molecule has 5 heterocycles. The molecule has 3 aromatic rings. The number of ether oxygens (including phenoxy) is 2. The number of halogens is 2. The summed E-state index contributed by atoms with van der Waals surface area (Å²) in [5.41, 5.74) is 0.949. The van der Waals surface area contributed by atoms with Crippen LogP contribution in [0.1, 0.15) is 57.2 Å². The van der Waals surface area contributed by atoms with E-state index in [-0.39, 0.29) is 29.4 Å². The SMILES string of the molecule is O=C1CCC(Nc2ccc(N3CCC(CN4CCC(COc5cc(F)c6c(=O)[nH]c(CSC7CCOCC7)nc6c5)CC4)CC3)c(F)c2)C(=O)N1. The average molecular weight is 725 g/mol. The molecule has 4 fully saturated rings. The zero-order valence-corrected chi connectivity index (χ0v) is 29.6. The summed E-state index contributed by atoms with van der Waals surface area (Å²) in [5, 5.41) is 5.79. The molecule has 4 aliphatic heterocycles. The molecule has 1 atom stereocenters. The molecule has 3 N–H and O–H groups in total. The number of H-pyrrole nitrogens is 1. The maximum atomic E-state index is 15.1. The van der Waals surface area contributed by atoms with E-state index < -0.39 is 17.4 Å². The Labute approximate surface area is 300 Å². The van der Waals surface area contributed by atoms with Crippen molar-refractivity contribution in [3.05, 3.63) is 58.1 Å². The van der Waals surface area contributed by atoms with E-state index in [0.29, 0.717) is 64.3 Å². The Morgan fingerprint density at radius 3 is 2.43 bits per heavy atom. The highest BCUT2D eigenvalue weighted by atomic mass is 32.2. The van der Waals surface area contributed by atoms with E-state index in [1.165, 1.54) is 12.1 Å². The van der Waals surface area contributed by atoms with Gasteiger partial charge in [0.15, 0.2) is 0 Å². The third-order valence-corrected chi connectivity index (χ3v) is 12.0. The van der Waals surface area contributed by atoms with Crippen LogP contribution < -0.4 is 25.8 Å². The fraction of sp³-hybridized carbons (Fsp3) is 0.568. The number of imide groups is 1. The molecule has 7 rings (SSSR count). The zero-order chi connectivity index (χ0) is 35.3. The summed E-state index contributed by atoms with van der Waals surface area (Å²) in [6, 6.07) is 7.41. The van der Waals surface area contributed by atoms with E-state index in [1.807, 2.05) is 0 Å². The van der Waals surface area contributed by atoms with Crippen molar-refractivity contribution in [2.45, 2.75) is 68.4 Å². The third kappa shape index (κ3) is 9.01. The lowest BCUT2D eigenvalue weighted by atomic mass is 9.93. The van der Waals surface area contributed by atoms with Crippen LogP contribution in [0.25, 0.3) is 10.9 Å². The van der Waals surface area contributed by atoms with Gasteiger partial charge in [-0.2, -0.15) is 11.8 Å². The lowest BCUT2D eigenvalue weighted by Gasteiger charge is -2.38. The first-order valence-electron chi connectivity index (χ1n) is 18.2. The van der Waals surface area contributed by atoms with Gasteiger partial charge in [0.25, 0.3) is 5.56 Å². The number of aromatic nitrogens is 2. The Morgan fingerprint density at radius 2 is 1.69 bits per heavy atom. The molecule has 0 radical (unpaired) electrons. The molecule has 0 spiro atoms. The lowest BCUT2D eigenvalue weighted by Crippen LogP contribution is -2.47. The van der Waals surface area contributed by atoms with Crippen molar-refractivity contribution in [1.29, 1.82) is 0 Å². The van der Waals surface area contributed by atoms with Crippen molar-refractivity contribution >= 4 is 45.9 Å². The number of hydrogen-bond donors (Lipinski definition) is 3. The highest BCUT2D eigenvalue weighted by molar-refractivity contribution is 7.99. The second kappa shape index (κ2) is 16.3. The van der Waals surface area contributed by atoms with Crippen LogP contribution in [-0.4, -0.2) is 90.5 Å². The molecule has 4 saturated heterocycles. The minimum Gasteiger partial charge on any atom is -0.493 e. The Bertz CT molecular complexity index is 1770. The minimum absolute atomic E-state index is 0.0383. The van der Waals surface area contributed by atoms with Gasteiger partial charge in [-0.15, -0.1) is 0 Å². The first-order valence-corrected chi connectivity index (χ1v) is 19.2. The van der Waals surface area contributed by atoms with Gasteiger partial charge < -0.3 is 29.6 Å². The quantitative estimate of drug-likeness (QED) is 0.237. The maximum Gasteiger partial charge on any atom is 0.261 e. The van der Waals surface area contributed by atoms with Crippen LogP contribution in [0.15, 0.2) is 35.1 Å². The van der Waals surface area contributed by atoms with Gasteiger partial charge in [0.05, 0.1) is 23.6 Å². The second-order valence-electron chi connectivity index (χ2n) is 14.2. The number of amides is 2. The molecule has 1 unspecified atom stereocenters.